The maximum absolute atomic E-state index is 7.68. The van der Waals surface area contributed by atoms with Crippen molar-refractivity contribution in [2.75, 3.05) is 0 Å². The molecule has 12 heavy (non-hydrogen) atoms. The Kier molecular flexibility index (Phi) is 1.57. The van der Waals surface area contributed by atoms with Crippen molar-refractivity contribution in [3.8, 4) is 0 Å². The summed E-state index contributed by atoms with van der Waals surface area (Å²) in [4.78, 5) is 0. The topological polar surface area (TPSA) is 48.2 Å². The van der Waals surface area contributed by atoms with Crippen LogP contribution in [-0.4, -0.2) is 11.9 Å². The minimum Gasteiger partial charge on any atom is -0.303 e. The van der Waals surface area contributed by atoms with E-state index in [1.54, 1.807) is 6.21 Å². The largest absolute Gasteiger partial charge is 0.303 e. The van der Waals surface area contributed by atoms with Gasteiger partial charge in [0.1, 0.15) is 0 Å². The van der Waals surface area contributed by atoms with Gasteiger partial charge in [0.25, 0.3) is 0 Å². The molecule has 3 nitrogen and oxygen atoms in total. The highest BCUT2D eigenvalue weighted by Gasteiger charge is 2.27. The number of hydrogen-bond donors (Lipinski definition) is 2. The highest BCUT2D eigenvalue weighted by atomic mass is 15.3. The molecule has 2 aliphatic rings. The number of nitrogens with zero attached hydrogens (tertiary/aromatic N) is 1. The molecule has 1 unspecified atom stereocenters. The molecule has 2 N–H and O–H groups in total. The molecule has 0 aromatic carbocycles. The van der Waals surface area contributed by atoms with Crippen molar-refractivity contribution in [3.05, 3.63) is 23.9 Å². The summed E-state index contributed by atoms with van der Waals surface area (Å²) in [7, 11) is 0. The number of fused-ring (bicyclic) bond motifs is 1. The highest BCUT2D eigenvalue weighted by Crippen LogP contribution is 2.26. The van der Waals surface area contributed by atoms with Gasteiger partial charge in [0, 0.05) is 11.6 Å². The number of rotatable bonds is 0. The molecular weight excluding hydrogens is 150 g/mol. The van der Waals surface area contributed by atoms with Gasteiger partial charge in [0.2, 0.25) is 0 Å². The lowest BCUT2D eigenvalue weighted by Crippen LogP contribution is -2.34. The summed E-state index contributed by atoms with van der Waals surface area (Å²) in [6.45, 7) is 2.11. The normalized spacial score (nSPS) is 32.4. The van der Waals surface area contributed by atoms with Crippen molar-refractivity contribution in [1.29, 1.82) is 5.41 Å². The van der Waals surface area contributed by atoms with Crippen LogP contribution in [0.25, 0.3) is 0 Å². The lowest BCUT2D eigenvalue weighted by molar-refractivity contribution is 0.560. The van der Waals surface area contributed by atoms with Gasteiger partial charge in [-0.2, -0.15) is 5.10 Å². The first kappa shape index (κ1) is 7.28. The van der Waals surface area contributed by atoms with Crippen molar-refractivity contribution >= 4 is 11.9 Å². The average Bonchev–Trinajstić information content (AvgIpc) is 2.04. The van der Waals surface area contributed by atoms with Crippen LogP contribution >= 0.6 is 0 Å². The molecule has 62 valence electrons. The van der Waals surface area contributed by atoms with Crippen molar-refractivity contribution in [2.45, 2.75) is 6.92 Å². The Morgan fingerprint density at radius 1 is 1.58 bits per heavy atom. The van der Waals surface area contributed by atoms with Gasteiger partial charge in [0.05, 0.1) is 11.9 Å². The monoisotopic (exact) mass is 161 g/mol. The van der Waals surface area contributed by atoms with Crippen LogP contribution in [0.15, 0.2) is 29.0 Å². The maximum Gasteiger partial charge on any atom is 0.0687 e. The molecule has 0 saturated heterocycles. The zero-order chi connectivity index (χ0) is 8.55. The van der Waals surface area contributed by atoms with E-state index in [9.17, 15) is 0 Å². The first-order chi connectivity index (χ1) is 5.79. The first-order valence-corrected chi connectivity index (χ1v) is 4.05. The van der Waals surface area contributed by atoms with Gasteiger partial charge in [-0.1, -0.05) is 19.1 Å². The maximum atomic E-state index is 7.68. The van der Waals surface area contributed by atoms with Crippen LogP contribution in [0.4, 0.5) is 0 Å². The Hall–Kier alpha value is -1.38. The van der Waals surface area contributed by atoms with Gasteiger partial charge in [-0.25, -0.2) is 0 Å². The van der Waals surface area contributed by atoms with Crippen LogP contribution in [0.3, 0.4) is 0 Å². The molecule has 2 atom stereocenters. The zero-order valence-electron chi connectivity index (χ0n) is 6.91. The van der Waals surface area contributed by atoms with Crippen LogP contribution in [0.5, 0.6) is 0 Å². The van der Waals surface area contributed by atoms with E-state index in [1.165, 1.54) is 0 Å². The molecule has 0 spiro atoms. The minimum atomic E-state index is 0.187. The van der Waals surface area contributed by atoms with Crippen molar-refractivity contribution in [3.63, 3.8) is 0 Å². The molecular formula is C9H11N3. The van der Waals surface area contributed by atoms with Gasteiger partial charge < -0.3 is 5.41 Å². The van der Waals surface area contributed by atoms with E-state index in [0.29, 0.717) is 11.6 Å². The lowest BCUT2D eigenvalue weighted by Gasteiger charge is -2.28. The average molecular weight is 161 g/mol. The summed E-state index contributed by atoms with van der Waals surface area (Å²) >= 11 is 0. The van der Waals surface area contributed by atoms with E-state index in [1.807, 2.05) is 12.2 Å². The fourth-order valence-electron chi connectivity index (χ4n) is 1.65. The van der Waals surface area contributed by atoms with Gasteiger partial charge in [0.15, 0.2) is 0 Å². The highest BCUT2D eigenvalue weighted by molar-refractivity contribution is 6.31. The van der Waals surface area contributed by atoms with Crippen molar-refractivity contribution in [2.24, 2.45) is 16.9 Å². The standard InChI is InChI=1S/C9H11N3/c1-6-3-2-4-8-9(6)7(10)5-11-12-8/h2-6,9-10,12H,1H3/t6-,9?/m1/s1. The fraction of sp³-hybridized carbons (Fsp3) is 0.333. The van der Waals surface area contributed by atoms with Gasteiger partial charge in [-0.3, -0.25) is 5.43 Å². The van der Waals surface area contributed by atoms with Crippen LogP contribution in [-0.2, 0) is 0 Å². The predicted molar refractivity (Wildman–Crippen MR) is 49.2 cm³/mol. The predicted octanol–water partition coefficient (Wildman–Crippen LogP) is 1.30. The van der Waals surface area contributed by atoms with Crippen molar-refractivity contribution in [1.82, 2.24) is 5.43 Å². The molecule has 2 rings (SSSR count). The van der Waals surface area contributed by atoms with Crippen molar-refractivity contribution < 1.29 is 0 Å². The summed E-state index contributed by atoms with van der Waals surface area (Å²) in [6, 6.07) is 0. The Bertz CT molecular complexity index is 299. The van der Waals surface area contributed by atoms with Gasteiger partial charge in [-0.05, 0) is 12.0 Å². The molecule has 0 fully saturated rings. The van der Waals surface area contributed by atoms with Crippen LogP contribution in [0.2, 0.25) is 0 Å². The zero-order valence-corrected chi connectivity index (χ0v) is 6.91. The molecule has 0 amide bonds. The molecule has 3 heteroatoms. The smallest absolute Gasteiger partial charge is 0.0687 e. The van der Waals surface area contributed by atoms with E-state index >= 15 is 0 Å². The molecule has 1 heterocycles. The second kappa shape index (κ2) is 2.59. The second-order valence-corrected chi connectivity index (χ2v) is 3.17. The SMILES string of the molecule is C[C@@H]1C=CC=C2NN=CC(=N)C21. The van der Waals surface area contributed by atoms with E-state index in [2.05, 4.69) is 23.5 Å². The van der Waals surface area contributed by atoms with E-state index in [0.717, 1.165) is 5.70 Å². The molecule has 0 bridgehead atoms. The Morgan fingerprint density at radius 3 is 3.17 bits per heavy atom. The molecule has 1 aliphatic heterocycles. The molecule has 0 aromatic rings. The first-order valence-electron chi connectivity index (χ1n) is 4.05. The van der Waals surface area contributed by atoms with Gasteiger partial charge in [-0.15, -0.1) is 0 Å². The Balaban J connectivity index is 2.38. The Labute approximate surface area is 71.4 Å². The summed E-state index contributed by atoms with van der Waals surface area (Å²) < 4.78 is 0. The molecule has 0 saturated carbocycles. The van der Waals surface area contributed by atoms with E-state index < -0.39 is 0 Å². The number of hydrazone groups is 1. The summed E-state index contributed by atoms with van der Waals surface area (Å²) in [5.41, 5.74) is 4.55. The Morgan fingerprint density at radius 2 is 2.42 bits per heavy atom. The third kappa shape index (κ3) is 0.978. The fourth-order valence-corrected chi connectivity index (χ4v) is 1.65. The molecule has 0 aromatic heterocycles. The third-order valence-corrected chi connectivity index (χ3v) is 2.28. The van der Waals surface area contributed by atoms with E-state index in [4.69, 9.17) is 5.41 Å². The minimum absolute atomic E-state index is 0.187. The van der Waals surface area contributed by atoms with Crippen LogP contribution < -0.4 is 5.43 Å². The number of nitrogens with one attached hydrogen (secondary N) is 2. The summed E-state index contributed by atoms with van der Waals surface area (Å²) in [5, 5.41) is 11.6. The lowest BCUT2D eigenvalue weighted by atomic mass is 9.83. The number of hydrogen-bond acceptors (Lipinski definition) is 3. The van der Waals surface area contributed by atoms with E-state index in [-0.39, 0.29) is 5.92 Å². The summed E-state index contributed by atoms with van der Waals surface area (Å²) in [5.74, 6) is 0.587. The molecule has 0 radical (unpaired) electrons. The quantitative estimate of drug-likeness (QED) is 0.552. The van der Waals surface area contributed by atoms with Crippen LogP contribution in [0, 0.1) is 17.2 Å². The number of allylic oxidation sites excluding steroid dienone is 4. The third-order valence-electron chi connectivity index (χ3n) is 2.28. The summed E-state index contributed by atoms with van der Waals surface area (Å²) in [6.07, 6.45) is 7.69. The second-order valence-electron chi connectivity index (χ2n) is 3.17. The molecule has 1 aliphatic carbocycles. The van der Waals surface area contributed by atoms with Gasteiger partial charge >= 0.3 is 0 Å². The van der Waals surface area contributed by atoms with Crippen LogP contribution in [0.1, 0.15) is 6.92 Å².